The number of aliphatic hydroxyl groups excluding tert-OH is 1. The Morgan fingerprint density at radius 1 is 1.61 bits per heavy atom. The number of nitro benzene ring substituents is 1. The summed E-state index contributed by atoms with van der Waals surface area (Å²) in [4.78, 5) is 10.1. The van der Waals surface area contributed by atoms with Crippen LogP contribution in [-0.4, -0.2) is 41.6 Å². The number of ether oxygens (including phenoxy) is 1. The first-order valence-corrected chi connectivity index (χ1v) is 5.02. The lowest BCUT2D eigenvalue weighted by Gasteiger charge is -2.05. The summed E-state index contributed by atoms with van der Waals surface area (Å²) in [6, 6.07) is 2.29. The number of non-ortho nitro benzene ring substituents is 1. The number of nitro groups is 1. The number of hydrazone groups is 1. The summed E-state index contributed by atoms with van der Waals surface area (Å²) in [5.74, 6) is -0.245. The molecule has 0 aromatic heterocycles. The fraction of sp³-hybridized carbons (Fsp3) is 0.300. The molecule has 0 atom stereocenters. The monoisotopic (exact) mass is 255 g/mol. The zero-order valence-corrected chi connectivity index (χ0v) is 9.66. The summed E-state index contributed by atoms with van der Waals surface area (Å²) in [5, 5.41) is 32.6. The van der Waals surface area contributed by atoms with Crippen molar-refractivity contribution < 1.29 is 19.9 Å². The number of aromatic hydroxyl groups is 1. The Morgan fingerprint density at radius 3 is 2.89 bits per heavy atom. The van der Waals surface area contributed by atoms with E-state index in [1.54, 1.807) is 0 Å². The third kappa shape index (κ3) is 3.32. The smallest absolute Gasteiger partial charge is 0.274 e. The number of nitrogens with zero attached hydrogens (tertiary/aromatic N) is 2. The fourth-order valence-electron chi connectivity index (χ4n) is 1.20. The Hall–Kier alpha value is -2.35. The van der Waals surface area contributed by atoms with E-state index in [2.05, 4.69) is 10.5 Å². The highest BCUT2D eigenvalue weighted by Gasteiger charge is 2.15. The van der Waals surface area contributed by atoms with Crippen molar-refractivity contribution >= 4 is 11.9 Å². The van der Waals surface area contributed by atoms with Crippen LogP contribution in [0.3, 0.4) is 0 Å². The topological polar surface area (TPSA) is 117 Å². The number of rotatable bonds is 6. The standard InChI is InChI=1S/C10H13N3O5/c1-18-9-5-8(13(16)17)4-7(10(9)15)6-12-11-2-3-14/h4-6,11,14-15H,2-3H2,1H3. The lowest BCUT2D eigenvalue weighted by molar-refractivity contribution is -0.385. The zero-order valence-electron chi connectivity index (χ0n) is 9.66. The van der Waals surface area contributed by atoms with Crippen molar-refractivity contribution in [1.82, 2.24) is 5.43 Å². The molecular weight excluding hydrogens is 242 g/mol. The third-order valence-corrected chi connectivity index (χ3v) is 2.04. The minimum Gasteiger partial charge on any atom is -0.504 e. The predicted octanol–water partition coefficient (Wildman–Crippen LogP) is 0.225. The molecule has 0 fully saturated rings. The van der Waals surface area contributed by atoms with E-state index in [1.807, 2.05) is 0 Å². The van der Waals surface area contributed by atoms with Crippen molar-refractivity contribution in [2.75, 3.05) is 20.3 Å². The molecule has 0 saturated carbocycles. The first kappa shape index (κ1) is 13.7. The lowest BCUT2D eigenvalue weighted by atomic mass is 10.2. The second-order valence-corrected chi connectivity index (χ2v) is 3.23. The highest BCUT2D eigenvalue weighted by molar-refractivity contribution is 5.86. The molecule has 0 amide bonds. The van der Waals surface area contributed by atoms with Gasteiger partial charge in [-0.1, -0.05) is 0 Å². The Kier molecular flexibility index (Phi) is 4.88. The summed E-state index contributed by atoms with van der Waals surface area (Å²) < 4.78 is 4.83. The molecule has 0 aliphatic heterocycles. The number of phenolic OH excluding ortho intramolecular Hbond substituents is 1. The molecule has 0 radical (unpaired) electrons. The van der Waals surface area contributed by atoms with Crippen molar-refractivity contribution in [1.29, 1.82) is 0 Å². The maximum Gasteiger partial charge on any atom is 0.274 e. The van der Waals surface area contributed by atoms with Crippen LogP contribution in [0.15, 0.2) is 17.2 Å². The number of hydrogen-bond donors (Lipinski definition) is 3. The van der Waals surface area contributed by atoms with Crippen LogP contribution < -0.4 is 10.2 Å². The van der Waals surface area contributed by atoms with Gasteiger partial charge in [-0.15, -0.1) is 0 Å². The molecule has 1 aromatic carbocycles. The van der Waals surface area contributed by atoms with E-state index in [0.717, 1.165) is 6.07 Å². The van der Waals surface area contributed by atoms with Gasteiger partial charge in [-0.05, 0) is 0 Å². The van der Waals surface area contributed by atoms with Gasteiger partial charge in [0, 0.05) is 11.6 Å². The summed E-state index contributed by atoms with van der Waals surface area (Å²) >= 11 is 0. The maximum absolute atomic E-state index is 10.7. The van der Waals surface area contributed by atoms with Crippen LogP contribution in [0.25, 0.3) is 0 Å². The van der Waals surface area contributed by atoms with E-state index in [0.29, 0.717) is 0 Å². The second-order valence-electron chi connectivity index (χ2n) is 3.23. The van der Waals surface area contributed by atoms with Gasteiger partial charge in [0.25, 0.3) is 5.69 Å². The Morgan fingerprint density at radius 2 is 2.33 bits per heavy atom. The molecule has 8 nitrogen and oxygen atoms in total. The average Bonchev–Trinajstić information content (AvgIpc) is 2.36. The molecule has 0 spiro atoms. The molecule has 8 heteroatoms. The van der Waals surface area contributed by atoms with Gasteiger partial charge in [-0.2, -0.15) is 5.10 Å². The van der Waals surface area contributed by atoms with E-state index in [-0.39, 0.29) is 35.9 Å². The third-order valence-electron chi connectivity index (χ3n) is 2.04. The van der Waals surface area contributed by atoms with Gasteiger partial charge < -0.3 is 20.4 Å². The summed E-state index contributed by atoms with van der Waals surface area (Å²) in [6.07, 6.45) is 1.21. The molecule has 1 rings (SSSR count). The van der Waals surface area contributed by atoms with Crippen molar-refractivity contribution in [3.8, 4) is 11.5 Å². The normalized spacial score (nSPS) is 10.6. The number of benzene rings is 1. The Labute approximate surface area is 103 Å². The van der Waals surface area contributed by atoms with Gasteiger partial charge in [-0.3, -0.25) is 10.1 Å². The fourth-order valence-corrected chi connectivity index (χ4v) is 1.20. The van der Waals surface area contributed by atoms with Crippen LogP contribution in [-0.2, 0) is 0 Å². The number of hydrogen-bond acceptors (Lipinski definition) is 7. The SMILES string of the molecule is COc1cc([N+](=O)[O-])cc(C=NNCCO)c1O. The van der Waals surface area contributed by atoms with E-state index >= 15 is 0 Å². The van der Waals surface area contributed by atoms with Crippen LogP contribution in [0, 0.1) is 10.1 Å². The molecule has 18 heavy (non-hydrogen) atoms. The zero-order chi connectivity index (χ0) is 13.5. The first-order valence-electron chi connectivity index (χ1n) is 5.02. The molecule has 98 valence electrons. The molecule has 0 aliphatic rings. The van der Waals surface area contributed by atoms with Crippen molar-refractivity contribution in [2.45, 2.75) is 0 Å². The number of methoxy groups -OCH3 is 1. The van der Waals surface area contributed by atoms with E-state index < -0.39 is 4.92 Å². The molecular formula is C10H13N3O5. The molecule has 0 saturated heterocycles. The van der Waals surface area contributed by atoms with Crippen LogP contribution in [0.2, 0.25) is 0 Å². The molecule has 1 aromatic rings. The maximum atomic E-state index is 10.7. The van der Waals surface area contributed by atoms with Crippen molar-refractivity contribution in [3.05, 3.63) is 27.8 Å². The molecule has 0 bridgehead atoms. The van der Waals surface area contributed by atoms with Crippen LogP contribution in [0.5, 0.6) is 11.5 Å². The highest BCUT2D eigenvalue weighted by atomic mass is 16.6. The van der Waals surface area contributed by atoms with Gasteiger partial charge in [-0.25, -0.2) is 0 Å². The average molecular weight is 255 g/mol. The van der Waals surface area contributed by atoms with Gasteiger partial charge in [0.05, 0.1) is 37.5 Å². The van der Waals surface area contributed by atoms with Crippen molar-refractivity contribution in [2.24, 2.45) is 5.10 Å². The Bertz CT molecular complexity index is 461. The number of phenols is 1. The highest BCUT2D eigenvalue weighted by Crippen LogP contribution is 2.33. The quantitative estimate of drug-likeness (QED) is 0.290. The van der Waals surface area contributed by atoms with Gasteiger partial charge >= 0.3 is 0 Å². The van der Waals surface area contributed by atoms with Crippen LogP contribution in [0.4, 0.5) is 5.69 Å². The molecule has 0 unspecified atom stereocenters. The van der Waals surface area contributed by atoms with Gasteiger partial charge in [0.2, 0.25) is 0 Å². The first-order chi connectivity index (χ1) is 8.60. The largest absolute Gasteiger partial charge is 0.504 e. The molecule has 0 aliphatic carbocycles. The molecule has 0 heterocycles. The van der Waals surface area contributed by atoms with Crippen LogP contribution in [0.1, 0.15) is 5.56 Å². The van der Waals surface area contributed by atoms with E-state index in [1.165, 1.54) is 19.4 Å². The Balaban J connectivity index is 3.05. The summed E-state index contributed by atoms with van der Waals surface area (Å²) in [5.41, 5.74) is 2.42. The van der Waals surface area contributed by atoms with E-state index in [4.69, 9.17) is 9.84 Å². The summed E-state index contributed by atoms with van der Waals surface area (Å²) in [6.45, 7) is 0.144. The van der Waals surface area contributed by atoms with Gasteiger partial charge in [0.1, 0.15) is 0 Å². The lowest BCUT2D eigenvalue weighted by Crippen LogP contribution is -2.11. The van der Waals surface area contributed by atoms with Crippen molar-refractivity contribution in [3.63, 3.8) is 0 Å². The summed E-state index contributed by atoms with van der Waals surface area (Å²) in [7, 11) is 1.30. The number of nitrogens with one attached hydrogen (secondary N) is 1. The molecule has 3 N–H and O–H groups in total. The van der Waals surface area contributed by atoms with E-state index in [9.17, 15) is 15.2 Å². The minimum atomic E-state index is -0.597. The van der Waals surface area contributed by atoms with Gasteiger partial charge in [0.15, 0.2) is 11.5 Å². The number of aliphatic hydroxyl groups is 1. The predicted molar refractivity (Wildman–Crippen MR) is 64.0 cm³/mol. The van der Waals surface area contributed by atoms with Crippen LogP contribution >= 0.6 is 0 Å². The second kappa shape index (κ2) is 6.40. The minimum absolute atomic E-state index is 0.00666.